The van der Waals surface area contributed by atoms with Gasteiger partial charge in [-0.3, -0.25) is 9.55 Å². The number of pyridine rings is 1. The molecular weight excluding hydrogens is 482 g/mol. The monoisotopic (exact) mass is 506 g/mol. The Kier molecular flexibility index (Phi) is 8.53. The molecular formula is C20H25Cl2N2O7P. The second kappa shape index (κ2) is 10.4. The van der Waals surface area contributed by atoms with E-state index in [9.17, 15) is 19.3 Å². The molecule has 2 rings (SSSR count). The van der Waals surface area contributed by atoms with Crippen molar-refractivity contribution in [3.63, 3.8) is 0 Å². The number of nitrogens with zero attached hydrogens (tertiary/aromatic N) is 1. The van der Waals surface area contributed by atoms with Gasteiger partial charge in [0.05, 0.1) is 21.7 Å². The van der Waals surface area contributed by atoms with Crippen LogP contribution in [-0.2, 0) is 35.7 Å². The summed E-state index contributed by atoms with van der Waals surface area (Å²) in [5.74, 6) is -1.29. The van der Waals surface area contributed by atoms with Gasteiger partial charge in [-0.1, -0.05) is 23.2 Å². The van der Waals surface area contributed by atoms with Crippen LogP contribution in [-0.4, -0.2) is 48.0 Å². The van der Waals surface area contributed by atoms with Crippen molar-refractivity contribution in [2.75, 3.05) is 14.2 Å². The molecule has 0 spiro atoms. The zero-order valence-electron chi connectivity index (χ0n) is 18.3. The minimum absolute atomic E-state index is 0.169. The van der Waals surface area contributed by atoms with E-state index in [0.717, 1.165) is 0 Å². The zero-order chi connectivity index (χ0) is 24.3. The molecule has 1 heterocycles. The lowest BCUT2D eigenvalue weighted by atomic mass is 10.0. The molecule has 0 unspecified atom stereocenters. The lowest BCUT2D eigenvalue weighted by Crippen LogP contribution is -2.45. The summed E-state index contributed by atoms with van der Waals surface area (Å²) >= 11 is 12.2. The number of rotatable bonds is 8. The van der Waals surface area contributed by atoms with Crippen LogP contribution in [0.1, 0.15) is 32.0 Å². The van der Waals surface area contributed by atoms with E-state index in [1.54, 1.807) is 32.9 Å². The molecule has 2 N–H and O–H groups in total. The van der Waals surface area contributed by atoms with Crippen LogP contribution in [0.15, 0.2) is 18.2 Å². The van der Waals surface area contributed by atoms with Crippen molar-refractivity contribution in [1.29, 1.82) is 0 Å². The van der Waals surface area contributed by atoms with Gasteiger partial charge in [0.15, 0.2) is 0 Å². The molecule has 0 aliphatic carbocycles. The summed E-state index contributed by atoms with van der Waals surface area (Å²) in [5, 5.41) is 13.2. The smallest absolute Gasteiger partial charge is 0.408 e. The molecule has 12 heteroatoms. The number of benzene rings is 1. The number of nitrogens with one attached hydrogen (secondary N) is 1. The zero-order valence-corrected chi connectivity index (χ0v) is 20.7. The predicted molar refractivity (Wildman–Crippen MR) is 122 cm³/mol. The maximum absolute atomic E-state index is 12.8. The summed E-state index contributed by atoms with van der Waals surface area (Å²) < 4.78 is 28.0. The highest BCUT2D eigenvalue weighted by atomic mass is 35.5. The third-order valence-corrected chi connectivity index (χ3v) is 6.90. The molecule has 1 amide bonds. The second-order valence-corrected chi connectivity index (χ2v) is 11.0. The summed E-state index contributed by atoms with van der Waals surface area (Å²) in [6.07, 6.45) is -1.27. The summed E-state index contributed by atoms with van der Waals surface area (Å²) in [6, 6.07) is 3.44. The molecule has 0 bridgehead atoms. The fourth-order valence-electron chi connectivity index (χ4n) is 2.82. The van der Waals surface area contributed by atoms with Crippen LogP contribution >= 0.6 is 30.8 Å². The Labute approximate surface area is 195 Å². The quantitative estimate of drug-likeness (QED) is 0.476. The summed E-state index contributed by atoms with van der Waals surface area (Å²) in [5.41, 5.74) is 0.331. The van der Waals surface area contributed by atoms with Gasteiger partial charge in [-0.05, 0) is 44.5 Å². The molecule has 176 valence electrons. The number of alkyl carbamates (subject to hydrolysis) is 1. The molecule has 0 aliphatic heterocycles. The van der Waals surface area contributed by atoms with Gasteiger partial charge in [0.1, 0.15) is 11.6 Å². The molecule has 0 aliphatic rings. The van der Waals surface area contributed by atoms with Crippen molar-refractivity contribution >= 4 is 53.8 Å². The SMILES string of the molecule is COP(=O)(Cc1cc2cc(Cl)c(Cl)cc2nc1C[C@@H](NC(=O)OC(C)(C)C)C(=O)O)OC. The number of hydrogen-bond donors (Lipinski definition) is 2. The Morgan fingerprint density at radius 2 is 1.75 bits per heavy atom. The van der Waals surface area contributed by atoms with E-state index < -0.39 is 31.3 Å². The fourth-order valence-corrected chi connectivity index (χ4v) is 4.25. The lowest BCUT2D eigenvalue weighted by molar-refractivity contribution is -0.139. The first kappa shape index (κ1) is 26.4. The van der Waals surface area contributed by atoms with Crippen LogP contribution in [0.2, 0.25) is 10.0 Å². The van der Waals surface area contributed by atoms with Crippen molar-refractivity contribution < 1.29 is 33.0 Å². The molecule has 1 atom stereocenters. The lowest BCUT2D eigenvalue weighted by Gasteiger charge is -2.23. The Hall–Kier alpha value is -1.90. The molecule has 0 fully saturated rings. The first-order valence-corrected chi connectivity index (χ1v) is 12.0. The van der Waals surface area contributed by atoms with Crippen molar-refractivity contribution in [2.24, 2.45) is 0 Å². The first-order chi connectivity index (χ1) is 14.8. The predicted octanol–water partition coefficient (Wildman–Crippen LogP) is 5.05. The fraction of sp³-hybridized carbons (Fsp3) is 0.450. The van der Waals surface area contributed by atoms with Crippen molar-refractivity contribution in [3.8, 4) is 0 Å². The summed E-state index contributed by atoms with van der Waals surface area (Å²) in [7, 11) is -1.01. The van der Waals surface area contributed by atoms with E-state index in [1.807, 2.05) is 0 Å². The highest BCUT2D eigenvalue weighted by molar-refractivity contribution is 7.52. The Morgan fingerprint density at radius 3 is 2.28 bits per heavy atom. The number of fused-ring (bicyclic) bond motifs is 1. The maximum Gasteiger partial charge on any atom is 0.408 e. The van der Waals surface area contributed by atoms with Gasteiger partial charge in [0.2, 0.25) is 0 Å². The number of carbonyl (C=O) groups is 2. The van der Waals surface area contributed by atoms with Gasteiger partial charge in [0, 0.05) is 31.7 Å². The van der Waals surface area contributed by atoms with Crippen LogP contribution < -0.4 is 5.32 Å². The van der Waals surface area contributed by atoms with E-state index in [4.69, 9.17) is 37.0 Å². The van der Waals surface area contributed by atoms with Crippen LogP contribution in [0.3, 0.4) is 0 Å². The minimum atomic E-state index is -3.51. The molecule has 2 aromatic rings. The average Bonchev–Trinajstić information content (AvgIpc) is 2.67. The third kappa shape index (κ3) is 7.05. The topological polar surface area (TPSA) is 124 Å². The number of aliphatic carboxylic acids is 1. The first-order valence-electron chi connectivity index (χ1n) is 9.47. The van der Waals surface area contributed by atoms with Gasteiger partial charge < -0.3 is 24.2 Å². The largest absolute Gasteiger partial charge is 0.480 e. The molecule has 0 radical (unpaired) electrons. The Balaban J connectivity index is 2.50. The normalized spacial score (nSPS) is 13.1. The average molecular weight is 507 g/mol. The van der Waals surface area contributed by atoms with E-state index in [2.05, 4.69) is 10.3 Å². The van der Waals surface area contributed by atoms with E-state index >= 15 is 0 Å². The maximum atomic E-state index is 12.8. The number of amides is 1. The van der Waals surface area contributed by atoms with Crippen LogP contribution in [0.5, 0.6) is 0 Å². The molecule has 9 nitrogen and oxygen atoms in total. The number of hydrogen-bond acceptors (Lipinski definition) is 7. The molecule has 1 aromatic heterocycles. The van der Waals surface area contributed by atoms with Gasteiger partial charge >= 0.3 is 19.7 Å². The number of ether oxygens (including phenoxy) is 1. The van der Waals surface area contributed by atoms with Gasteiger partial charge in [-0.2, -0.15) is 0 Å². The van der Waals surface area contributed by atoms with Crippen LogP contribution in [0.25, 0.3) is 10.9 Å². The molecule has 1 aromatic carbocycles. The minimum Gasteiger partial charge on any atom is -0.480 e. The van der Waals surface area contributed by atoms with Crippen LogP contribution in [0, 0.1) is 0 Å². The number of halogens is 2. The number of aromatic nitrogens is 1. The van der Waals surface area contributed by atoms with Gasteiger partial charge in [-0.25, -0.2) is 9.59 Å². The Morgan fingerprint density at radius 1 is 1.16 bits per heavy atom. The van der Waals surface area contributed by atoms with E-state index in [0.29, 0.717) is 21.5 Å². The summed E-state index contributed by atoms with van der Waals surface area (Å²) in [4.78, 5) is 28.5. The summed E-state index contributed by atoms with van der Waals surface area (Å²) in [6.45, 7) is 4.98. The number of carboxylic acid groups (broad SMARTS) is 1. The number of carboxylic acids is 1. The van der Waals surface area contributed by atoms with E-state index in [1.165, 1.54) is 20.3 Å². The number of carbonyl (C=O) groups excluding carboxylic acids is 1. The van der Waals surface area contributed by atoms with Crippen LogP contribution in [0.4, 0.5) is 4.79 Å². The van der Waals surface area contributed by atoms with E-state index in [-0.39, 0.29) is 23.3 Å². The Bertz CT molecular complexity index is 1060. The van der Waals surface area contributed by atoms with Gasteiger partial charge in [-0.15, -0.1) is 0 Å². The van der Waals surface area contributed by atoms with Crippen molar-refractivity contribution in [1.82, 2.24) is 10.3 Å². The second-order valence-electron chi connectivity index (χ2n) is 7.93. The van der Waals surface area contributed by atoms with Crippen molar-refractivity contribution in [2.45, 2.75) is 45.0 Å². The van der Waals surface area contributed by atoms with Crippen molar-refractivity contribution in [3.05, 3.63) is 39.5 Å². The van der Waals surface area contributed by atoms with Gasteiger partial charge in [0.25, 0.3) is 0 Å². The third-order valence-electron chi connectivity index (χ3n) is 4.33. The highest BCUT2D eigenvalue weighted by Gasteiger charge is 2.29. The molecule has 0 saturated carbocycles. The molecule has 32 heavy (non-hydrogen) atoms. The standard InChI is InChI=1S/C20H25Cl2N2O7P/c1-20(2,3)31-19(27)24-17(18(25)26)9-16-12(10-32(28,29-4)30-5)6-11-7-13(21)14(22)8-15(11)23-16/h6-8,17H,9-10H2,1-5H3,(H,24,27)(H,25,26)/t17-/m1/s1. The molecule has 0 saturated heterocycles. The highest BCUT2D eigenvalue weighted by Crippen LogP contribution is 2.50.